The van der Waals surface area contributed by atoms with Crippen LogP contribution in [-0.2, 0) is 6.54 Å². The molecule has 4 nitrogen and oxygen atoms in total. The first-order chi connectivity index (χ1) is 7.25. The minimum Gasteiger partial charge on any atom is -0.399 e. The van der Waals surface area contributed by atoms with Gasteiger partial charge in [0, 0.05) is 17.6 Å². The van der Waals surface area contributed by atoms with E-state index in [0.29, 0.717) is 0 Å². The minimum atomic E-state index is 0.739. The number of nitrogens with one attached hydrogen (secondary N) is 2. The van der Waals surface area contributed by atoms with E-state index in [-0.39, 0.29) is 0 Å². The van der Waals surface area contributed by atoms with Crippen molar-refractivity contribution in [1.82, 2.24) is 10.2 Å². The van der Waals surface area contributed by atoms with Crippen molar-refractivity contribution in [2.24, 2.45) is 0 Å². The zero-order chi connectivity index (χ0) is 10.7. The number of hydrogen-bond acceptors (Lipinski definition) is 3. The molecule has 0 aliphatic rings. The Hall–Kier alpha value is -1.97. The molecule has 0 aliphatic carbocycles. The number of aryl methyl sites for hydroxylation is 1. The molecule has 0 spiro atoms. The molecule has 4 heteroatoms. The largest absolute Gasteiger partial charge is 0.399 e. The van der Waals surface area contributed by atoms with E-state index in [9.17, 15) is 0 Å². The summed E-state index contributed by atoms with van der Waals surface area (Å²) < 4.78 is 0. The third-order valence-electron chi connectivity index (χ3n) is 2.31. The maximum absolute atomic E-state index is 5.74. The maximum Gasteiger partial charge on any atom is 0.0567 e. The predicted octanol–water partition coefficient (Wildman–Crippen LogP) is 1.91. The van der Waals surface area contributed by atoms with Crippen molar-refractivity contribution < 1.29 is 0 Å². The molecule has 1 heterocycles. The van der Waals surface area contributed by atoms with Gasteiger partial charge in [0.15, 0.2) is 0 Å². The molecule has 0 atom stereocenters. The monoisotopic (exact) mass is 202 g/mol. The number of nitrogens with two attached hydrogens (primary N) is 1. The molecule has 0 fully saturated rings. The van der Waals surface area contributed by atoms with Crippen molar-refractivity contribution in [3.63, 3.8) is 0 Å². The second-order valence-corrected chi connectivity index (χ2v) is 3.51. The van der Waals surface area contributed by atoms with Gasteiger partial charge in [0.2, 0.25) is 0 Å². The van der Waals surface area contributed by atoms with E-state index in [1.54, 1.807) is 6.20 Å². The molecule has 15 heavy (non-hydrogen) atoms. The molecular weight excluding hydrogens is 188 g/mol. The minimum absolute atomic E-state index is 0.739. The van der Waals surface area contributed by atoms with E-state index in [2.05, 4.69) is 15.5 Å². The molecule has 2 aromatic rings. The second kappa shape index (κ2) is 4.04. The van der Waals surface area contributed by atoms with Crippen LogP contribution >= 0.6 is 0 Å². The summed E-state index contributed by atoms with van der Waals surface area (Å²) in [7, 11) is 0. The van der Waals surface area contributed by atoms with Crippen LogP contribution in [0.1, 0.15) is 11.3 Å². The first-order valence-electron chi connectivity index (χ1n) is 4.84. The predicted molar refractivity (Wildman–Crippen MR) is 61.5 cm³/mol. The average Bonchev–Trinajstić information content (AvgIpc) is 2.73. The molecule has 0 amide bonds. The number of anilines is 2. The maximum atomic E-state index is 5.74. The molecule has 4 N–H and O–H groups in total. The number of hydrogen-bond donors (Lipinski definition) is 3. The van der Waals surface area contributed by atoms with Gasteiger partial charge in [0.25, 0.3) is 0 Å². The van der Waals surface area contributed by atoms with E-state index >= 15 is 0 Å². The number of H-pyrrole nitrogens is 1. The third kappa shape index (κ3) is 2.28. The van der Waals surface area contributed by atoms with E-state index in [1.165, 1.54) is 0 Å². The van der Waals surface area contributed by atoms with Crippen LogP contribution in [0.5, 0.6) is 0 Å². The molecule has 78 valence electrons. The second-order valence-electron chi connectivity index (χ2n) is 3.51. The van der Waals surface area contributed by atoms with Gasteiger partial charge < -0.3 is 11.1 Å². The third-order valence-corrected chi connectivity index (χ3v) is 2.31. The van der Waals surface area contributed by atoms with Crippen LogP contribution in [0.15, 0.2) is 30.5 Å². The lowest BCUT2D eigenvalue weighted by Crippen LogP contribution is -2.00. The van der Waals surface area contributed by atoms with Gasteiger partial charge >= 0.3 is 0 Å². The molecule has 0 saturated heterocycles. The number of aromatic amines is 1. The highest BCUT2D eigenvalue weighted by Gasteiger charge is 1.97. The van der Waals surface area contributed by atoms with Gasteiger partial charge in [-0.1, -0.05) is 0 Å². The molecule has 0 aliphatic heterocycles. The van der Waals surface area contributed by atoms with E-state index < -0.39 is 0 Å². The summed E-state index contributed by atoms with van der Waals surface area (Å²) in [6.07, 6.45) is 1.74. The molecular formula is C11H14N4. The molecule has 0 radical (unpaired) electrons. The van der Waals surface area contributed by atoms with Crippen molar-refractivity contribution in [2.45, 2.75) is 13.5 Å². The molecule has 1 aromatic carbocycles. The molecule has 0 saturated carbocycles. The summed E-state index contributed by atoms with van der Waals surface area (Å²) in [6.45, 7) is 2.74. The van der Waals surface area contributed by atoms with Crippen molar-refractivity contribution in [3.05, 3.63) is 41.7 Å². The number of rotatable bonds is 3. The lowest BCUT2D eigenvalue weighted by Gasteiger charge is -2.07. The lowest BCUT2D eigenvalue weighted by molar-refractivity contribution is 0.981. The molecule has 2 rings (SSSR count). The Bertz CT molecular complexity index is 434. The Labute approximate surface area is 88.5 Å². The van der Waals surface area contributed by atoms with E-state index in [4.69, 9.17) is 5.73 Å². The highest BCUT2D eigenvalue weighted by molar-refractivity contribution is 5.56. The first kappa shape index (κ1) is 9.58. The average molecular weight is 202 g/mol. The smallest absolute Gasteiger partial charge is 0.0567 e. The van der Waals surface area contributed by atoms with Crippen LogP contribution < -0.4 is 11.1 Å². The van der Waals surface area contributed by atoms with Gasteiger partial charge in [0.1, 0.15) is 0 Å². The van der Waals surface area contributed by atoms with Crippen LogP contribution in [0.3, 0.4) is 0 Å². The molecule has 1 aromatic heterocycles. The topological polar surface area (TPSA) is 66.7 Å². The van der Waals surface area contributed by atoms with Crippen LogP contribution in [0.25, 0.3) is 0 Å². The Balaban J connectivity index is 2.02. The summed E-state index contributed by atoms with van der Waals surface area (Å²) in [5.74, 6) is 0. The quantitative estimate of drug-likeness (QED) is 0.666. The van der Waals surface area contributed by atoms with Crippen LogP contribution in [0, 0.1) is 6.92 Å². The summed E-state index contributed by atoms with van der Waals surface area (Å²) in [6, 6.07) is 7.85. The van der Waals surface area contributed by atoms with E-state index in [0.717, 1.165) is 29.2 Å². The Morgan fingerprint density at radius 3 is 2.93 bits per heavy atom. The lowest BCUT2D eigenvalue weighted by atomic mass is 10.2. The van der Waals surface area contributed by atoms with Crippen molar-refractivity contribution >= 4 is 11.4 Å². The fourth-order valence-corrected chi connectivity index (χ4v) is 1.37. The van der Waals surface area contributed by atoms with Gasteiger partial charge in [-0.25, -0.2) is 0 Å². The van der Waals surface area contributed by atoms with Crippen molar-refractivity contribution in [1.29, 1.82) is 0 Å². The van der Waals surface area contributed by atoms with Crippen LogP contribution in [-0.4, -0.2) is 10.2 Å². The van der Waals surface area contributed by atoms with Gasteiger partial charge in [-0.2, -0.15) is 5.10 Å². The number of benzene rings is 1. The fourth-order valence-electron chi connectivity index (χ4n) is 1.37. The van der Waals surface area contributed by atoms with E-state index in [1.807, 2.05) is 31.2 Å². The van der Waals surface area contributed by atoms with Gasteiger partial charge in [-0.3, -0.25) is 5.10 Å². The SMILES string of the molecule is Cc1cc(NCc2ccn[nH]2)ccc1N. The number of nitrogens with zero attached hydrogens (tertiary/aromatic N) is 1. The van der Waals surface area contributed by atoms with Gasteiger partial charge in [0.05, 0.1) is 12.2 Å². The van der Waals surface area contributed by atoms with Crippen molar-refractivity contribution in [3.8, 4) is 0 Å². The number of nitrogen functional groups attached to an aromatic ring is 1. The first-order valence-corrected chi connectivity index (χ1v) is 4.84. The molecule has 0 unspecified atom stereocenters. The van der Waals surface area contributed by atoms with Crippen molar-refractivity contribution in [2.75, 3.05) is 11.1 Å². The normalized spacial score (nSPS) is 10.2. The summed E-state index contributed by atoms with van der Waals surface area (Å²) in [5, 5.41) is 10.1. The highest BCUT2D eigenvalue weighted by Crippen LogP contribution is 2.16. The highest BCUT2D eigenvalue weighted by atomic mass is 15.1. The summed E-state index contributed by atoms with van der Waals surface area (Å²) in [5.41, 5.74) is 9.77. The summed E-state index contributed by atoms with van der Waals surface area (Å²) in [4.78, 5) is 0. The summed E-state index contributed by atoms with van der Waals surface area (Å²) >= 11 is 0. The molecule has 0 bridgehead atoms. The zero-order valence-corrected chi connectivity index (χ0v) is 8.62. The van der Waals surface area contributed by atoms with Crippen LogP contribution in [0.2, 0.25) is 0 Å². The number of aromatic nitrogens is 2. The van der Waals surface area contributed by atoms with Crippen LogP contribution in [0.4, 0.5) is 11.4 Å². The fraction of sp³-hybridized carbons (Fsp3) is 0.182. The van der Waals surface area contributed by atoms with Gasteiger partial charge in [-0.05, 0) is 36.8 Å². The standard InChI is InChI=1S/C11H14N4/c1-8-6-9(2-3-11(8)12)13-7-10-4-5-14-15-10/h2-6,13H,7,12H2,1H3,(H,14,15). The Morgan fingerprint density at radius 2 is 2.27 bits per heavy atom. The Morgan fingerprint density at radius 1 is 1.40 bits per heavy atom. The Kier molecular flexibility index (Phi) is 2.58. The zero-order valence-electron chi connectivity index (χ0n) is 8.62. The van der Waals surface area contributed by atoms with Gasteiger partial charge in [-0.15, -0.1) is 0 Å².